The molecule has 0 saturated heterocycles. The van der Waals surface area contributed by atoms with Crippen LogP contribution in [0, 0.1) is 0 Å². The molecule has 0 aliphatic heterocycles. The van der Waals surface area contributed by atoms with Crippen LogP contribution in [0.25, 0.3) is 0 Å². The lowest BCUT2D eigenvalue weighted by Gasteiger charge is -2.03. The summed E-state index contributed by atoms with van der Waals surface area (Å²) in [7, 11) is 0. The molecule has 11 heavy (non-hydrogen) atoms. The average molecular weight is 153 g/mol. The molecule has 1 aromatic rings. The van der Waals surface area contributed by atoms with E-state index in [1.165, 1.54) is 0 Å². The molecular formula is C8H11NO2. The van der Waals surface area contributed by atoms with Crippen LogP contribution >= 0.6 is 0 Å². The summed E-state index contributed by atoms with van der Waals surface area (Å²) in [6.07, 6.45) is 0. The Balaban J connectivity index is 2.28. The minimum absolute atomic E-state index is 0.250. The van der Waals surface area contributed by atoms with Gasteiger partial charge >= 0.3 is 0 Å². The van der Waals surface area contributed by atoms with Gasteiger partial charge in [0.1, 0.15) is 13.5 Å². The number of benzene rings is 1. The van der Waals surface area contributed by atoms with Crippen LogP contribution < -0.4 is 5.32 Å². The van der Waals surface area contributed by atoms with Gasteiger partial charge in [-0.3, -0.25) is 0 Å². The van der Waals surface area contributed by atoms with E-state index in [4.69, 9.17) is 5.11 Å². The second kappa shape index (κ2) is 4.71. The van der Waals surface area contributed by atoms with E-state index < -0.39 is 0 Å². The number of rotatable bonds is 4. The summed E-state index contributed by atoms with van der Waals surface area (Å²) in [4.78, 5) is 0. The Kier molecular flexibility index (Phi) is 3.44. The summed E-state index contributed by atoms with van der Waals surface area (Å²) in [5.41, 5.74) is 0.987. The van der Waals surface area contributed by atoms with E-state index in [2.05, 4.69) is 10.1 Å². The lowest BCUT2D eigenvalue weighted by atomic mass is 10.3. The summed E-state index contributed by atoms with van der Waals surface area (Å²) in [6, 6.07) is 9.67. The third-order valence-corrected chi connectivity index (χ3v) is 1.24. The van der Waals surface area contributed by atoms with Gasteiger partial charge in [0.25, 0.3) is 0 Å². The number of ether oxygens (including phenoxy) is 1. The standard InChI is InChI=1S/C8H11NO2/c10-7-11-6-9-8-4-2-1-3-5-8/h1-5,9-10H,6-7H2. The summed E-state index contributed by atoms with van der Waals surface area (Å²) in [5, 5.41) is 11.2. The predicted molar refractivity (Wildman–Crippen MR) is 43.1 cm³/mol. The molecule has 1 rings (SSSR count). The van der Waals surface area contributed by atoms with Gasteiger partial charge in [-0.2, -0.15) is 0 Å². The van der Waals surface area contributed by atoms with Gasteiger partial charge in [-0.05, 0) is 12.1 Å². The van der Waals surface area contributed by atoms with Crippen LogP contribution in [-0.2, 0) is 4.74 Å². The number of hydrogen-bond donors (Lipinski definition) is 2. The SMILES string of the molecule is OCOCNc1ccccc1. The van der Waals surface area contributed by atoms with Crippen LogP contribution in [0.3, 0.4) is 0 Å². The third kappa shape index (κ3) is 3.02. The number of hydrogen-bond acceptors (Lipinski definition) is 3. The lowest BCUT2D eigenvalue weighted by Crippen LogP contribution is -2.06. The molecule has 60 valence electrons. The largest absolute Gasteiger partial charge is 0.371 e. The fraction of sp³-hybridized carbons (Fsp3) is 0.250. The highest BCUT2D eigenvalue weighted by Gasteiger charge is 1.86. The molecule has 0 unspecified atom stereocenters. The minimum atomic E-state index is -0.250. The van der Waals surface area contributed by atoms with Gasteiger partial charge < -0.3 is 15.2 Å². The molecule has 0 fully saturated rings. The van der Waals surface area contributed by atoms with Crippen molar-refractivity contribution in [3.63, 3.8) is 0 Å². The smallest absolute Gasteiger partial charge is 0.145 e. The first-order chi connectivity index (χ1) is 5.43. The quantitative estimate of drug-likeness (QED) is 0.501. The first-order valence-corrected chi connectivity index (χ1v) is 3.41. The number of aliphatic hydroxyl groups is 1. The molecule has 0 heterocycles. The summed E-state index contributed by atoms with van der Waals surface area (Å²) < 4.78 is 4.68. The predicted octanol–water partition coefficient (Wildman–Crippen LogP) is 1.02. The van der Waals surface area contributed by atoms with E-state index in [-0.39, 0.29) is 6.79 Å². The van der Waals surface area contributed by atoms with Crippen LogP contribution in [0.4, 0.5) is 5.69 Å². The van der Waals surface area contributed by atoms with Crippen molar-refractivity contribution in [3.8, 4) is 0 Å². The molecule has 0 aliphatic carbocycles. The van der Waals surface area contributed by atoms with Crippen molar-refractivity contribution in [2.45, 2.75) is 0 Å². The van der Waals surface area contributed by atoms with Gasteiger partial charge in [-0.1, -0.05) is 18.2 Å². The Labute approximate surface area is 65.6 Å². The maximum absolute atomic E-state index is 8.28. The van der Waals surface area contributed by atoms with E-state index in [1.54, 1.807) is 0 Å². The fourth-order valence-electron chi connectivity index (χ4n) is 0.736. The average Bonchev–Trinajstić information content (AvgIpc) is 2.07. The highest BCUT2D eigenvalue weighted by Crippen LogP contribution is 2.03. The molecule has 0 atom stereocenters. The van der Waals surface area contributed by atoms with Gasteiger partial charge in [-0.15, -0.1) is 0 Å². The van der Waals surface area contributed by atoms with Crippen LogP contribution in [-0.4, -0.2) is 18.6 Å². The highest BCUT2D eigenvalue weighted by molar-refractivity contribution is 5.41. The normalized spacial score (nSPS) is 9.55. The second-order valence-electron chi connectivity index (χ2n) is 2.02. The number of nitrogens with one attached hydrogen (secondary N) is 1. The van der Waals surface area contributed by atoms with Crippen molar-refractivity contribution in [2.24, 2.45) is 0 Å². The molecule has 2 N–H and O–H groups in total. The van der Waals surface area contributed by atoms with Crippen LogP contribution in [0.5, 0.6) is 0 Å². The topological polar surface area (TPSA) is 41.5 Å². The molecule has 0 aliphatic rings. The van der Waals surface area contributed by atoms with Crippen molar-refractivity contribution < 1.29 is 9.84 Å². The van der Waals surface area contributed by atoms with Gasteiger partial charge in [-0.25, -0.2) is 0 Å². The second-order valence-corrected chi connectivity index (χ2v) is 2.02. The minimum Gasteiger partial charge on any atom is -0.371 e. The molecule has 0 saturated carbocycles. The van der Waals surface area contributed by atoms with Gasteiger partial charge in [0.05, 0.1) is 0 Å². The first-order valence-electron chi connectivity index (χ1n) is 3.41. The Morgan fingerprint density at radius 3 is 2.64 bits per heavy atom. The molecule has 0 spiro atoms. The lowest BCUT2D eigenvalue weighted by molar-refractivity contribution is 0.00794. The zero-order valence-corrected chi connectivity index (χ0v) is 6.16. The van der Waals surface area contributed by atoms with Crippen molar-refractivity contribution >= 4 is 5.69 Å². The maximum atomic E-state index is 8.28. The fourth-order valence-corrected chi connectivity index (χ4v) is 0.736. The summed E-state index contributed by atoms with van der Waals surface area (Å²) in [5.74, 6) is 0. The molecular weight excluding hydrogens is 142 g/mol. The molecule has 0 bridgehead atoms. The van der Waals surface area contributed by atoms with Crippen molar-refractivity contribution in [1.29, 1.82) is 0 Å². The van der Waals surface area contributed by atoms with Crippen LogP contribution in [0.1, 0.15) is 0 Å². The van der Waals surface area contributed by atoms with E-state index in [0.29, 0.717) is 6.73 Å². The van der Waals surface area contributed by atoms with E-state index in [1.807, 2.05) is 30.3 Å². The molecule has 0 amide bonds. The van der Waals surface area contributed by atoms with E-state index >= 15 is 0 Å². The number of para-hydroxylation sites is 1. The van der Waals surface area contributed by atoms with Gasteiger partial charge in [0.2, 0.25) is 0 Å². The van der Waals surface area contributed by atoms with Crippen molar-refractivity contribution in [3.05, 3.63) is 30.3 Å². The molecule has 0 radical (unpaired) electrons. The van der Waals surface area contributed by atoms with Gasteiger partial charge in [0.15, 0.2) is 0 Å². The molecule has 0 aromatic heterocycles. The molecule has 3 heteroatoms. The zero-order valence-electron chi connectivity index (χ0n) is 6.16. The third-order valence-electron chi connectivity index (χ3n) is 1.24. The van der Waals surface area contributed by atoms with E-state index in [9.17, 15) is 0 Å². The Morgan fingerprint density at radius 1 is 1.27 bits per heavy atom. The monoisotopic (exact) mass is 153 g/mol. The van der Waals surface area contributed by atoms with Crippen LogP contribution in [0.15, 0.2) is 30.3 Å². The Morgan fingerprint density at radius 2 is 2.00 bits per heavy atom. The zero-order chi connectivity index (χ0) is 7.94. The van der Waals surface area contributed by atoms with E-state index in [0.717, 1.165) is 5.69 Å². The Hall–Kier alpha value is -1.06. The highest BCUT2D eigenvalue weighted by atomic mass is 16.6. The van der Waals surface area contributed by atoms with Crippen molar-refractivity contribution in [1.82, 2.24) is 0 Å². The molecule has 3 nitrogen and oxygen atoms in total. The molecule has 1 aromatic carbocycles. The Bertz CT molecular complexity index is 189. The van der Waals surface area contributed by atoms with Crippen molar-refractivity contribution in [2.75, 3.05) is 18.8 Å². The number of aliphatic hydroxyl groups excluding tert-OH is 1. The number of anilines is 1. The van der Waals surface area contributed by atoms with Crippen LogP contribution in [0.2, 0.25) is 0 Å². The first kappa shape index (κ1) is 8.04. The summed E-state index contributed by atoms with van der Waals surface area (Å²) >= 11 is 0. The van der Waals surface area contributed by atoms with Gasteiger partial charge in [0, 0.05) is 5.69 Å². The maximum Gasteiger partial charge on any atom is 0.145 e. The summed E-state index contributed by atoms with van der Waals surface area (Å²) in [6.45, 7) is 0.0837.